The van der Waals surface area contributed by atoms with Crippen molar-refractivity contribution < 1.29 is 13.7 Å². The third kappa shape index (κ3) is 2.02. The van der Waals surface area contributed by atoms with Crippen LogP contribution < -0.4 is 11.0 Å². The highest BCUT2D eigenvalue weighted by Crippen LogP contribution is 2.36. The van der Waals surface area contributed by atoms with Gasteiger partial charge in [-0.05, 0) is 33.8 Å². The number of H-pyrrole nitrogens is 1. The van der Waals surface area contributed by atoms with Gasteiger partial charge in [-0.25, -0.2) is 4.39 Å². The van der Waals surface area contributed by atoms with Crippen molar-refractivity contribution in [3.05, 3.63) is 28.4 Å². The molecule has 1 saturated heterocycles. The molecule has 0 spiro atoms. The highest BCUT2D eigenvalue weighted by Gasteiger charge is 2.51. The van der Waals surface area contributed by atoms with Crippen LogP contribution >= 0.6 is 0 Å². The largest absolute Gasteiger partial charge is 0.496 e. The zero-order chi connectivity index (χ0) is 12.8. The first-order valence-electron chi connectivity index (χ1n) is 5.47. The summed E-state index contributed by atoms with van der Waals surface area (Å²) < 4.78 is 24.6. The Labute approximate surface area is 99.3 Å². The van der Waals surface area contributed by atoms with E-state index in [9.17, 15) is 9.18 Å². The standard InChI is InChI=1S/C11H15BFNO3/c1-10(2)11(3,4)17-12(16-10)7-5-8(13)9(15)14-6-7/h5-6H,1-4H3,(H,14,15). The van der Waals surface area contributed by atoms with E-state index in [1.54, 1.807) is 0 Å². The summed E-state index contributed by atoms with van der Waals surface area (Å²) in [6.45, 7) is 7.65. The fourth-order valence-corrected chi connectivity index (χ4v) is 1.59. The molecule has 0 aromatic carbocycles. The Morgan fingerprint density at radius 2 is 1.76 bits per heavy atom. The summed E-state index contributed by atoms with van der Waals surface area (Å²) in [5.74, 6) is -0.836. The van der Waals surface area contributed by atoms with Crippen molar-refractivity contribution in [3.8, 4) is 0 Å². The molecule has 1 aromatic heterocycles. The van der Waals surface area contributed by atoms with Crippen LogP contribution in [0.3, 0.4) is 0 Å². The van der Waals surface area contributed by atoms with Gasteiger partial charge in [0, 0.05) is 11.7 Å². The molecule has 0 saturated carbocycles. The molecule has 2 heterocycles. The van der Waals surface area contributed by atoms with Gasteiger partial charge in [0.1, 0.15) is 0 Å². The number of halogens is 1. The highest BCUT2D eigenvalue weighted by molar-refractivity contribution is 6.62. The Bertz CT molecular complexity index is 482. The van der Waals surface area contributed by atoms with E-state index >= 15 is 0 Å². The van der Waals surface area contributed by atoms with Crippen molar-refractivity contribution >= 4 is 12.6 Å². The van der Waals surface area contributed by atoms with E-state index in [0.29, 0.717) is 5.46 Å². The van der Waals surface area contributed by atoms with E-state index in [-0.39, 0.29) is 0 Å². The molecule has 1 fully saturated rings. The van der Waals surface area contributed by atoms with E-state index in [2.05, 4.69) is 4.98 Å². The van der Waals surface area contributed by atoms with Gasteiger partial charge in [-0.15, -0.1) is 0 Å². The number of rotatable bonds is 1. The van der Waals surface area contributed by atoms with Gasteiger partial charge in [-0.1, -0.05) is 0 Å². The molecule has 1 aliphatic rings. The second kappa shape index (κ2) is 3.68. The van der Waals surface area contributed by atoms with Crippen molar-refractivity contribution in [2.45, 2.75) is 38.9 Å². The first-order chi connectivity index (χ1) is 7.73. The Morgan fingerprint density at radius 3 is 2.24 bits per heavy atom. The Balaban J connectivity index is 2.32. The van der Waals surface area contributed by atoms with E-state index in [0.717, 1.165) is 6.07 Å². The molecule has 2 rings (SSSR count). The minimum Gasteiger partial charge on any atom is -0.399 e. The summed E-state index contributed by atoms with van der Waals surface area (Å²) in [7, 11) is -0.661. The molecule has 1 aliphatic heterocycles. The van der Waals surface area contributed by atoms with Gasteiger partial charge in [-0.2, -0.15) is 0 Å². The molecule has 0 bridgehead atoms. The van der Waals surface area contributed by atoms with Gasteiger partial charge in [-0.3, -0.25) is 4.79 Å². The molecule has 1 N–H and O–H groups in total. The van der Waals surface area contributed by atoms with Crippen molar-refractivity contribution in [2.24, 2.45) is 0 Å². The van der Waals surface area contributed by atoms with Crippen LogP contribution in [0.4, 0.5) is 4.39 Å². The topological polar surface area (TPSA) is 51.3 Å². The molecule has 4 nitrogen and oxygen atoms in total. The van der Waals surface area contributed by atoms with Gasteiger partial charge in [0.2, 0.25) is 0 Å². The fourth-order valence-electron chi connectivity index (χ4n) is 1.59. The number of hydrogen-bond donors (Lipinski definition) is 1. The molecule has 6 heteroatoms. The molecule has 92 valence electrons. The lowest BCUT2D eigenvalue weighted by atomic mass is 9.80. The maximum atomic E-state index is 13.2. The quantitative estimate of drug-likeness (QED) is 0.738. The number of hydrogen-bond acceptors (Lipinski definition) is 3. The summed E-state index contributed by atoms with van der Waals surface area (Å²) >= 11 is 0. The normalized spacial score (nSPS) is 21.8. The minimum absolute atomic E-state index is 0.473. The summed E-state index contributed by atoms with van der Waals surface area (Å²) in [5, 5.41) is 0. The van der Waals surface area contributed by atoms with E-state index in [1.807, 2.05) is 27.7 Å². The van der Waals surface area contributed by atoms with Crippen LogP contribution in [0, 0.1) is 5.82 Å². The third-order valence-corrected chi connectivity index (χ3v) is 3.41. The lowest BCUT2D eigenvalue weighted by molar-refractivity contribution is 0.00578. The molecular weight excluding hydrogens is 224 g/mol. The maximum Gasteiger partial charge on any atom is 0.496 e. The van der Waals surface area contributed by atoms with Crippen molar-refractivity contribution in [1.29, 1.82) is 0 Å². The molecule has 0 unspecified atom stereocenters. The lowest BCUT2D eigenvalue weighted by Gasteiger charge is -2.32. The molecule has 0 amide bonds. The van der Waals surface area contributed by atoms with E-state index in [4.69, 9.17) is 9.31 Å². The average Bonchev–Trinajstić information content (AvgIpc) is 2.41. The van der Waals surface area contributed by atoms with Crippen molar-refractivity contribution in [2.75, 3.05) is 0 Å². The fraction of sp³-hybridized carbons (Fsp3) is 0.545. The summed E-state index contributed by atoms with van der Waals surface area (Å²) in [6, 6.07) is 1.14. The molecule has 1 aromatic rings. The highest BCUT2D eigenvalue weighted by atomic mass is 19.1. The first-order valence-corrected chi connectivity index (χ1v) is 5.47. The predicted octanol–water partition coefficient (Wildman–Crippen LogP) is 0.813. The zero-order valence-electron chi connectivity index (χ0n) is 10.3. The average molecular weight is 239 g/mol. The van der Waals surface area contributed by atoms with Gasteiger partial charge in [0.15, 0.2) is 5.82 Å². The van der Waals surface area contributed by atoms with Gasteiger partial charge >= 0.3 is 7.12 Å². The summed E-state index contributed by atoms with van der Waals surface area (Å²) in [5.41, 5.74) is -1.24. The lowest BCUT2D eigenvalue weighted by Crippen LogP contribution is -2.41. The molecule has 0 aliphatic carbocycles. The smallest absolute Gasteiger partial charge is 0.399 e. The molecule has 0 atom stereocenters. The Hall–Kier alpha value is -1.14. The van der Waals surface area contributed by atoms with Gasteiger partial charge < -0.3 is 14.3 Å². The van der Waals surface area contributed by atoms with Gasteiger partial charge in [0.25, 0.3) is 5.56 Å². The first kappa shape index (κ1) is 12.3. The van der Waals surface area contributed by atoms with Crippen LogP contribution in [-0.2, 0) is 9.31 Å². The second-order valence-electron chi connectivity index (χ2n) is 5.20. The van der Waals surface area contributed by atoms with E-state index < -0.39 is 29.7 Å². The summed E-state index contributed by atoms with van der Waals surface area (Å²) in [4.78, 5) is 13.2. The third-order valence-electron chi connectivity index (χ3n) is 3.41. The van der Waals surface area contributed by atoms with Crippen LogP contribution in [-0.4, -0.2) is 23.3 Å². The zero-order valence-corrected chi connectivity index (χ0v) is 10.3. The minimum atomic E-state index is -0.836. The van der Waals surface area contributed by atoms with Crippen LogP contribution in [0.5, 0.6) is 0 Å². The van der Waals surface area contributed by atoms with E-state index in [1.165, 1.54) is 6.20 Å². The Kier molecular flexibility index (Phi) is 2.67. The number of nitrogens with one attached hydrogen (secondary N) is 1. The number of aromatic amines is 1. The van der Waals surface area contributed by atoms with Crippen molar-refractivity contribution in [3.63, 3.8) is 0 Å². The van der Waals surface area contributed by atoms with Crippen LogP contribution in [0.1, 0.15) is 27.7 Å². The monoisotopic (exact) mass is 239 g/mol. The number of pyridine rings is 1. The van der Waals surface area contributed by atoms with Crippen LogP contribution in [0.15, 0.2) is 17.1 Å². The second-order valence-corrected chi connectivity index (χ2v) is 5.20. The molecule has 17 heavy (non-hydrogen) atoms. The SMILES string of the molecule is CC1(C)OB(c2c[nH]c(=O)c(F)c2)OC1(C)C. The summed E-state index contributed by atoms with van der Waals surface area (Å²) in [6.07, 6.45) is 1.41. The Morgan fingerprint density at radius 1 is 1.24 bits per heavy atom. The predicted molar refractivity (Wildman–Crippen MR) is 62.7 cm³/mol. The molecular formula is C11H15BFNO3. The van der Waals surface area contributed by atoms with Crippen LogP contribution in [0.25, 0.3) is 0 Å². The molecule has 0 radical (unpaired) electrons. The van der Waals surface area contributed by atoms with Crippen molar-refractivity contribution in [1.82, 2.24) is 4.98 Å². The maximum absolute atomic E-state index is 13.2. The van der Waals surface area contributed by atoms with Crippen LogP contribution in [0.2, 0.25) is 0 Å². The van der Waals surface area contributed by atoms with Gasteiger partial charge in [0.05, 0.1) is 11.2 Å². The number of aromatic nitrogens is 1.